The Kier molecular flexibility index (Phi) is 5.73. The van der Waals surface area contributed by atoms with Crippen LogP contribution in [0, 0.1) is 5.92 Å². The van der Waals surface area contributed by atoms with Gasteiger partial charge in [-0.1, -0.05) is 13.3 Å². The summed E-state index contributed by atoms with van der Waals surface area (Å²) in [5, 5.41) is 0. The molecule has 3 nitrogen and oxygen atoms in total. The highest BCUT2D eigenvalue weighted by Crippen LogP contribution is 2.27. The molecule has 0 aliphatic carbocycles. The second kappa shape index (κ2) is 6.58. The van der Waals surface area contributed by atoms with E-state index in [2.05, 4.69) is 18.7 Å². The number of piperidine rings is 1. The van der Waals surface area contributed by atoms with Crippen molar-refractivity contribution in [3.05, 3.63) is 0 Å². The molecule has 2 unspecified atom stereocenters. The molecule has 1 aliphatic rings. The Hall–Kier alpha value is -0.120. The molecule has 1 heterocycles. The van der Waals surface area contributed by atoms with Crippen LogP contribution >= 0.6 is 0 Å². The second-order valence-corrected chi connectivity index (χ2v) is 5.31. The highest BCUT2D eigenvalue weighted by atomic mass is 16.5. The third-order valence-electron chi connectivity index (χ3n) is 4.14. The molecular weight excluding hydrogens is 200 g/mol. The molecule has 2 N–H and O–H groups in total. The van der Waals surface area contributed by atoms with Gasteiger partial charge in [-0.05, 0) is 38.6 Å². The molecule has 0 aromatic rings. The Labute approximate surface area is 100 Å². The normalized spacial score (nSPS) is 26.6. The van der Waals surface area contributed by atoms with Crippen molar-refractivity contribution in [3.63, 3.8) is 0 Å². The van der Waals surface area contributed by atoms with E-state index in [1.807, 2.05) is 0 Å². The van der Waals surface area contributed by atoms with Gasteiger partial charge in [0.15, 0.2) is 0 Å². The maximum atomic E-state index is 5.97. The topological polar surface area (TPSA) is 38.5 Å². The van der Waals surface area contributed by atoms with Crippen LogP contribution in [0.25, 0.3) is 0 Å². The van der Waals surface area contributed by atoms with Crippen LogP contribution in [0.2, 0.25) is 0 Å². The van der Waals surface area contributed by atoms with Crippen molar-refractivity contribution in [3.8, 4) is 0 Å². The number of rotatable bonds is 6. The molecule has 0 aromatic heterocycles. The summed E-state index contributed by atoms with van der Waals surface area (Å²) < 4.78 is 5.20. The molecule has 3 heteroatoms. The van der Waals surface area contributed by atoms with E-state index in [1.54, 1.807) is 7.11 Å². The van der Waals surface area contributed by atoms with Crippen molar-refractivity contribution in [1.82, 2.24) is 4.90 Å². The van der Waals surface area contributed by atoms with Crippen LogP contribution < -0.4 is 5.73 Å². The summed E-state index contributed by atoms with van der Waals surface area (Å²) in [6.07, 6.45) is 5.04. The maximum absolute atomic E-state index is 5.97. The fraction of sp³-hybridized carbons (Fsp3) is 1.00. The predicted molar refractivity (Wildman–Crippen MR) is 68.5 cm³/mol. The lowest BCUT2D eigenvalue weighted by molar-refractivity contribution is 0.0334. The number of likely N-dealkylation sites (tertiary alicyclic amines) is 1. The lowest BCUT2D eigenvalue weighted by Gasteiger charge is -2.45. The Bertz CT molecular complexity index is 198. The van der Waals surface area contributed by atoms with Gasteiger partial charge < -0.3 is 10.5 Å². The molecule has 1 aliphatic heterocycles. The molecule has 96 valence electrons. The van der Waals surface area contributed by atoms with E-state index >= 15 is 0 Å². The summed E-state index contributed by atoms with van der Waals surface area (Å²) >= 11 is 0. The van der Waals surface area contributed by atoms with Crippen LogP contribution in [0.15, 0.2) is 0 Å². The van der Waals surface area contributed by atoms with Crippen LogP contribution in [-0.2, 0) is 4.74 Å². The van der Waals surface area contributed by atoms with Gasteiger partial charge in [-0.15, -0.1) is 0 Å². The van der Waals surface area contributed by atoms with Crippen molar-refractivity contribution in [2.45, 2.75) is 45.1 Å². The van der Waals surface area contributed by atoms with Crippen LogP contribution in [0.1, 0.15) is 39.5 Å². The quantitative estimate of drug-likeness (QED) is 0.754. The number of methoxy groups -OCH3 is 1. The fourth-order valence-electron chi connectivity index (χ4n) is 2.60. The summed E-state index contributed by atoms with van der Waals surface area (Å²) in [5.41, 5.74) is 6.10. The van der Waals surface area contributed by atoms with Crippen molar-refractivity contribution >= 4 is 0 Å². The van der Waals surface area contributed by atoms with Crippen molar-refractivity contribution < 1.29 is 4.74 Å². The lowest BCUT2D eigenvalue weighted by atomic mass is 9.88. The van der Waals surface area contributed by atoms with E-state index in [0.29, 0.717) is 0 Å². The van der Waals surface area contributed by atoms with Crippen LogP contribution in [0.5, 0.6) is 0 Å². The molecule has 0 amide bonds. The average Bonchev–Trinajstić information content (AvgIpc) is 2.36. The third-order valence-corrected chi connectivity index (χ3v) is 4.14. The molecule has 1 rings (SSSR count). The van der Waals surface area contributed by atoms with Gasteiger partial charge in [0.2, 0.25) is 0 Å². The zero-order valence-corrected chi connectivity index (χ0v) is 11.2. The number of nitrogens with zero attached hydrogens (tertiary/aromatic N) is 1. The van der Waals surface area contributed by atoms with Crippen molar-refractivity contribution in [1.29, 1.82) is 0 Å². The van der Waals surface area contributed by atoms with E-state index in [-0.39, 0.29) is 5.54 Å². The van der Waals surface area contributed by atoms with Crippen LogP contribution in [-0.4, -0.2) is 43.8 Å². The minimum absolute atomic E-state index is 0.129. The summed E-state index contributed by atoms with van der Waals surface area (Å²) in [7, 11) is 1.77. The molecular formula is C13H28N2O. The zero-order valence-electron chi connectivity index (χ0n) is 11.2. The van der Waals surface area contributed by atoms with Gasteiger partial charge in [0.25, 0.3) is 0 Å². The lowest BCUT2D eigenvalue weighted by Crippen LogP contribution is -2.55. The van der Waals surface area contributed by atoms with E-state index in [0.717, 1.165) is 25.5 Å². The Balaban J connectivity index is 2.56. The van der Waals surface area contributed by atoms with Gasteiger partial charge in [0, 0.05) is 32.3 Å². The number of ether oxygens (including phenoxy) is 1. The van der Waals surface area contributed by atoms with Gasteiger partial charge >= 0.3 is 0 Å². The Morgan fingerprint density at radius 2 is 2.25 bits per heavy atom. The minimum Gasteiger partial charge on any atom is -0.385 e. The first-order valence-electron chi connectivity index (χ1n) is 6.60. The second-order valence-electron chi connectivity index (χ2n) is 5.31. The first kappa shape index (κ1) is 13.9. The molecule has 1 fully saturated rings. The van der Waals surface area contributed by atoms with Crippen molar-refractivity contribution in [2.75, 3.05) is 33.4 Å². The summed E-state index contributed by atoms with van der Waals surface area (Å²) in [5.74, 6) is 0.863. The van der Waals surface area contributed by atoms with E-state index in [4.69, 9.17) is 10.5 Å². The molecule has 0 bridgehead atoms. The summed E-state index contributed by atoms with van der Waals surface area (Å²) in [6.45, 7) is 8.53. The zero-order chi connectivity index (χ0) is 12.0. The summed E-state index contributed by atoms with van der Waals surface area (Å²) in [6, 6.07) is 0. The molecule has 2 atom stereocenters. The van der Waals surface area contributed by atoms with Gasteiger partial charge in [-0.3, -0.25) is 4.90 Å². The highest BCUT2D eigenvalue weighted by Gasteiger charge is 2.33. The molecule has 0 spiro atoms. The maximum Gasteiger partial charge on any atom is 0.0480 e. The van der Waals surface area contributed by atoms with Gasteiger partial charge in [-0.25, -0.2) is 0 Å². The first-order valence-corrected chi connectivity index (χ1v) is 6.60. The molecule has 16 heavy (non-hydrogen) atoms. The molecule has 1 saturated heterocycles. The minimum atomic E-state index is 0.129. The van der Waals surface area contributed by atoms with Gasteiger partial charge in [-0.2, -0.15) is 0 Å². The smallest absolute Gasteiger partial charge is 0.0480 e. The summed E-state index contributed by atoms with van der Waals surface area (Å²) in [4.78, 5) is 2.59. The third kappa shape index (κ3) is 3.44. The van der Waals surface area contributed by atoms with E-state index in [1.165, 1.54) is 32.4 Å². The Morgan fingerprint density at radius 1 is 1.50 bits per heavy atom. The largest absolute Gasteiger partial charge is 0.385 e. The number of hydrogen-bond acceptors (Lipinski definition) is 3. The van der Waals surface area contributed by atoms with E-state index < -0.39 is 0 Å². The molecule has 0 radical (unpaired) electrons. The monoisotopic (exact) mass is 228 g/mol. The molecule has 0 aromatic carbocycles. The average molecular weight is 228 g/mol. The van der Waals surface area contributed by atoms with Crippen molar-refractivity contribution in [2.24, 2.45) is 11.7 Å². The van der Waals surface area contributed by atoms with Crippen LogP contribution in [0.3, 0.4) is 0 Å². The SMILES string of the molecule is CCC1CCCN(C(C)(CN)CCOC)C1. The Morgan fingerprint density at radius 3 is 2.81 bits per heavy atom. The first-order chi connectivity index (χ1) is 7.66. The number of hydrogen-bond donors (Lipinski definition) is 1. The molecule has 0 saturated carbocycles. The van der Waals surface area contributed by atoms with Gasteiger partial charge in [0.05, 0.1) is 0 Å². The van der Waals surface area contributed by atoms with E-state index in [9.17, 15) is 0 Å². The number of nitrogens with two attached hydrogens (primary N) is 1. The fourth-order valence-corrected chi connectivity index (χ4v) is 2.60. The van der Waals surface area contributed by atoms with Gasteiger partial charge in [0.1, 0.15) is 0 Å². The highest BCUT2D eigenvalue weighted by molar-refractivity contribution is 4.90. The predicted octanol–water partition coefficient (Wildman–Crippen LogP) is 1.86. The van der Waals surface area contributed by atoms with Crippen LogP contribution in [0.4, 0.5) is 0 Å². The standard InChI is InChI=1S/C13H28N2O/c1-4-12-6-5-8-15(10-12)13(2,11-14)7-9-16-3/h12H,4-11,14H2,1-3H3.